The molecule has 1 saturated heterocycles. The highest BCUT2D eigenvalue weighted by molar-refractivity contribution is 5.98. The van der Waals surface area contributed by atoms with Crippen LogP contribution in [-0.2, 0) is 23.0 Å². The van der Waals surface area contributed by atoms with E-state index in [0.717, 1.165) is 15.5 Å². The number of nitrogens with zero attached hydrogens (tertiary/aromatic N) is 5. The summed E-state index contributed by atoms with van der Waals surface area (Å²) in [5.74, 6) is -3.67. The van der Waals surface area contributed by atoms with Crippen LogP contribution < -0.4 is 21.5 Å². The molecule has 1 aliphatic rings. The SMILES string of the molecule is Cc1cc(N2CCOC[C@@H]2C(F)(F)F)cc(F)c1C(=O)NC(Cc1ccc(-n2c(=O)c3ccncc3n(C)c2=O)cn1)C(=O)O. The number of aryl methyl sites for hydroxylation is 2. The zero-order chi connectivity index (χ0) is 32.6. The van der Waals surface area contributed by atoms with Gasteiger partial charge in [0, 0.05) is 37.6 Å². The van der Waals surface area contributed by atoms with Crippen molar-refractivity contribution in [2.24, 2.45) is 7.05 Å². The van der Waals surface area contributed by atoms with E-state index in [1.165, 1.54) is 61.4 Å². The van der Waals surface area contributed by atoms with E-state index in [-0.39, 0.29) is 47.6 Å². The van der Waals surface area contributed by atoms with Crippen LogP contribution in [0.5, 0.6) is 0 Å². The minimum atomic E-state index is -4.64. The van der Waals surface area contributed by atoms with Crippen molar-refractivity contribution in [1.29, 1.82) is 0 Å². The van der Waals surface area contributed by atoms with Gasteiger partial charge in [-0.15, -0.1) is 0 Å². The van der Waals surface area contributed by atoms with Crippen LogP contribution in [0.25, 0.3) is 16.6 Å². The van der Waals surface area contributed by atoms with Gasteiger partial charge in [-0.1, -0.05) is 0 Å². The molecular weight excluding hydrogens is 604 g/mol. The Morgan fingerprint density at radius 3 is 2.56 bits per heavy atom. The number of morpholine rings is 1. The van der Waals surface area contributed by atoms with Crippen LogP contribution in [0.1, 0.15) is 21.6 Å². The zero-order valence-corrected chi connectivity index (χ0v) is 23.8. The lowest BCUT2D eigenvalue weighted by atomic mass is 10.0. The summed E-state index contributed by atoms with van der Waals surface area (Å²) < 4.78 is 62.9. The van der Waals surface area contributed by atoms with E-state index in [2.05, 4.69) is 15.3 Å². The molecular formula is C29H26F4N6O6. The molecule has 2 N–H and O–H groups in total. The number of benzene rings is 1. The van der Waals surface area contributed by atoms with Crippen LogP contribution in [0.3, 0.4) is 0 Å². The first kappa shape index (κ1) is 31.3. The Hall–Kier alpha value is -5.12. The third kappa shape index (κ3) is 6.13. The smallest absolute Gasteiger partial charge is 0.411 e. The van der Waals surface area contributed by atoms with Crippen molar-refractivity contribution in [2.75, 3.05) is 24.7 Å². The maximum absolute atomic E-state index is 15.2. The fraction of sp³-hybridized carbons (Fsp3) is 0.310. The van der Waals surface area contributed by atoms with E-state index < -0.39 is 59.4 Å². The van der Waals surface area contributed by atoms with E-state index in [4.69, 9.17) is 4.74 Å². The largest absolute Gasteiger partial charge is 0.480 e. The molecule has 1 aromatic carbocycles. The molecule has 1 aliphatic heterocycles. The number of anilines is 1. The van der Waals surface area contributed by atoms with Gasteiger partial charge in [-0.05, 0) is 42.8 Å². The summed E-state index contributed by atoms with van der Waals surface area (Å²) >= 11 is 0. The molecule has 0 radical (unpaired) electrons. The predicted octanol–water partition coefficient (Wildman–Crippen LogP) is 2.12. The molecule has 16 heteroatoms. The number of alkyl halides is 3. The maximum atomic E-state index is 15.2. The topological polar surface area (TPSA) is 149 Å². The maximum Gasteiger partial charge on any atom is 0.411 e. The Balaban J connectivity index is 1.36. The number of pyridine rings is 2. The fourth-order valence-electron chi connectivity index (χ4n) is 5.19. The molecule has 0 saturated carbocycles. The molecule has 0 aliphatic carbocycles. The lowest BCUT2D eigenvalue weighted by Crippen LogP contribution is -2.53. The van der Waals surface area contributed by atoms with Gasteiger partial charge in [0.25, 0.3) is 11.5 Å². The first-order valence-corrected chi connectivity index (χ1v) is 13.5. The van der Waals surface area contributed by atoms with Gasteiger partial charge in [-0.25, -0.2) is 18.5 Å². The van der Waals surface area contributed by atoms with Gasteiger partial charge < -0.3 is 20.1 Å². The number of ether oxygens (including phenoxy) is 1. The molecule has 1 amide bonds. The monoisotopic (exact) mass is 630 g/mol. The average Bonchev–Trinajstić information content (AvgIpc) is 2.99. The van der Waals surface area contributed by atoms with Crippen LogP contribution in [0.15, 0.2) is 58.5 Å². The van der Waals surface area contributed by atoms with Crippen molar-refractivity contribution in [3.63, 3.8) is 0 Å². The predicted molar refractivity (Wildman–Crippen MR) is 152 cm³/mol. The second-order valence-electron chi connectivity index (χ2n) is 10.4. The summed E-state index contributed by atoms with van der Waals surface area (Å²) in [6, 6.07) is 2.69. The number of carboxylic acids is 1. The second kappa shape index (κ2) is 12.1. The van der Waals surface area contributed by atoms with E-state index >= 15 is 4.39 Å². The van der Waals surface area contributed by atoms with Gasteiger partial charge in [-0.3, -0.25) is 24.1 Å². The summed E-state index contributed by atoms with van der Waals surface area (Å²) in [7, 11) is 1.48. The number of carboxylic acid groups (broad SMARTS) is 1. The van der Waals surface area contributed by atoms with Crippen LogP contribution in [0.2, 0.25) is 0 Å². The van der Waals surface area contributed by atoms with E-state index in [9.17, 15) is 37.5 Å². The molecule has 1 fully saturated rings. The van der Waals surface area contributed by atoms with E-state index in [0.29, 0.717) is 5.52 Å². The Labute approximate surface area is 251 Å². The summed E-state index contributed by atoms with van der Waals surface area (Å²) in [5.41, 5.74) is -1.26. The lowest BCUT2D eigenvalue weighted by molar-refractivity contribution is -0.167. The minimum absolute atomic E-state index is 0.000258. The second-order valence-corrected chi connectivity index (χ2v) is 10.4. The standard InChI is InChI=1S/C29H26F4N6O6/c1-15-9-18(38-7-8-45-14-23(38)29(31,32)33)11-20(30)24(15)25(40)36-21(27(42)43)10-16-3-4-17(12-35-16)39-26(41)19-5-6-34-13-22(19)37(2)28(39)44/h3-6,9,11-13,21,23H,7-8,10,14H2,1-2H3,(H,36,40)(H,42,43)/t21?,23-/m1/s1. The van der Waals surface area contributed by atoms with Crippen molar-refractivity contribution in [1.82, 2.24) is 24.4 Å². The Bertz CT molecular complexity index is 1880. The highest BCUT2D eigenvalue weighted by Crippen LogP contribution is 2.33. The van der Waals surface area contributed by atoms with Crippen LogP contribution in [0, 0.1) is 12.7 Å². The number of nitrogens with one attached hydrogen (secondary N) is 1. The highest BCUT2D eigenvalue weighted by Gasteiger charge is 2.45. The van der Waals surface area contributed by atoms with Gasteiger partial charge in [0.05, 0.1) is 47.8 Å². The van der Waals surface area contributed by atoms with Crippen LogP contribution in [-0.4, -0.2) is 74.1 Å². The van der Waals surface area contributed by atoms with Gasteiger partial charge in [-0.2, -0.15) is 13.2 Å². The zero-order valence-electron chi connectivity index (χ0n) is 23.8. The molecule has 45 heavy (non-hydrogen) atoms. The third-order valence-corrected chi connectivity index (χ3v) is 7.49. The molecule has 236 valence electrons. The summed E-state index contributed by atoms with van der Waals surface area (Å²) in [6.45, 7) is 0.548. The van der Waals surface area contributed by atoms with Crippen molar-refractivity contribution in [2.45, 2.75) is 31.6 Å². The normalized spacial score (nSPS) is 16.0. The number of aliphatic carboxylic acids is 1. The summed E-state index contributed by atoms with van der Waals surface area (Å²) in [6.07, 6.45) is -0.986. The number of rotatable bonds is 7. The molecule has 0 bridgehead atoms. The first-order valence-electron chi connectivity index (χ1n) is 13.5. The van der Waals surface area contributed by atoms with Crippen molar-refractivity contribution in [3.8, 4) is 5.69 Å². The molecule has 12 nitrogen and oxygen atoms in total. The van der Waals surface area contributed by atoms with Gasteiger partial charge in [0.15, 0.2) is 0 Å². The molecule has 1 unspecified atom stereocenters. The average molecular weight is 631 g/mol. The third-order valence-electron chi connectivity index (χ3n) is 7.49. The quantitative estimate of drug-likeness (QED) is 0.293. The van der Waals surface area contributed by atoms with Crippen LogP contribution in [0.4, 0.5) is 23.2 Å². The van der Waals surface area contributed by atoms with E-state index in [1.807, 2.05) is 0 Å². The Morgan fingerprint density at radius 2 is 1.91 bits per heavy atom. The van der Waals surface area contributed by atoms with E-state index in [1.54, 1.807) is 0 Å². The molecule has 2 atom stereocenters. The van der Waals surface area contributed by atoms with Crippen LogP contribution >= 0.6 is 0 Å². The summed E-state index contributed by atoms with van der Waals surface area (Å²) in [4.78, 5) is 60.0. The number of amides is 1. The van der Waals surface area contributed by atoms with Gasteiger partial charge in [0.1, 0.15) is 17.9 Å². The number of hydrogen-bond donors (Lipinski definition) is 2. The molecule has 5 rings (SSSR count). The Morgan fingerprint density at radius 1 is 1.16 bits per heavy atom. The Kier molecular flexibility index (Phi) is 8.42. The van der Waals surface area contributed by atoms with Crippen molar-refractivity contribution < 1.29 is 37.0 Å². The van der Waals surface area contributed by atoms with Gasteiger partial charge >= 0.3 is 17.8 Å². The number of carbonyl (C=O) groups is 2. The number of fused-ring (bicyclic) bond motifs is 1. The van der Waals surface area contributed by atoms with Crippen molar-refractivity contribution >= 4 is 28.5 Å². The highest BCUT2D eigenvalue weighted by atomic mass is 19.4. The van der Waals surface area contributed by atoms with Gasteiger partial charge in [0.2, 0.25) is 0 Å². The number of aromatic nitrogens is 4. The summed E-state index contributed by atoms with van der Waals surface area (Å²) in [5, 5.41) is 12.3. The number of halogens is 4. The molecule has 0 spiro atoms. The molecule has 4 aromatic rings. The first-order chi connectivity index (χ1) is 21.3. The van der Waals surface area contributed by atoms with Crippen molar-refractivity contribution in [3.05, 3.63) is 92.4 Å². The minimum Gasteiger partial charge on any atom is -0.480 e. The lowest BCUT2D eigenvalue weighted by Gasteiger charge is -2.38. The number of hydrogen-bond acceptors (Lipinski definition) is 8. The number of carbonyl (C=O) groups excluding carboxylic acids is 1. The fourth-order valence-corrected chi connectivity index (χ4v) is 5.19. The molecule has 3 aromatic heterocycles. The molecule has 4 heterocycles.